The summed E-state index contributed by atoms with van der Waals surface area (Å²) in [5.41, 5.74) is 2.47. The van der Waals surface area contributed by atoms with Crippen molar-refractivity contribution in [2.24, 2.45) is 0 Å². The Morgan fingerprint density at radius 1 is 1.11 bits per heavy atom. The van der Waals surface area contributed by atoms with Crippen LogP contribution in [0.25, 0.3) is 11.4 Å². The summed E-state index contributed by atoms with van der Waals surface area (Å²) in [7, 11) is 1.59. The highest BCUT2D eigenvalue weighted by atomic mass is 35.5. The molecule has 2 aromatic carbocycles. The van der Waals surface area contributed by atoms with Crippen molar-refractivity contribution in [2.45, 2.75) is 12.8 Å². The minimum atomic E-state index is -0.462. The van der Waals surface area contributed by atoms with Crippen LogP contribution in [0, 0.1) is 0 Å². The van der Waals surface area contributed by atoms with Crippen molar-refractivity contribution in [3.05, 3.63) is 53.1 Å². The summed E-state index contributed by atoms with van der Waals surface area (Å²) in [5, 5.41) is 22.4. The van der Waals surface area contributed by atoms with Gasteiger partial charge in [-0.15, -0.1) is 10.2 Å². The zero-order valence-corrected chi connectivity index (χ0v) is 15.7. The lowest BCUT2D eigenvalue weighted by Gasteiger charge is -2.12. The molecule has 0 aliphatic heterocycles. The van der Waals surface area contributed by atoms with Gasteiger partial charge >= 0.3 is 6.03 Å². The van der Waals surface area contributed by atoms with E-state index in [1.807, 2.05) is 12.1 Å². The van der Waals surface area contributed by atoms with Gasteiger partial charge in [-0.1, -0.05) is 29.8 Å². The molecule has 0 saturated carbocycles. The number of tetrazole rings is 1. The smallest absolute Gasteiger partial charge is 0.323 e. The number of para-hydroxylation sites is 1. The molecule has 3 aromatic rings. The Kier molecular flexibility index (Phi) is 6.18. The first-order valence-corrected chi connectivity index (χ1v) is 8.84. The molecule has 0 radical (unpaired) electrons. The summed E-state index contributed by atoms with van der Waals surface area (Å²) in [6.45, 7) is 0. The number of urea groups is 1. The molecule has 1 aromatic heterocycles. The van der Waals surface area contributed by atoms with E-state index in [2.05, 4.69) is 36.6 Å². The summed E-state index contributed by atoms with van der Waals surface area (Å²) in [4.78, 5) is 23.9. The van der Waals surface area contributed by atoms with Crippen LogP contribution >= 0.6 is 11.6 Å². The number of amides is 3. The van der Waals surface area contributed by atoms with E-state index in [1.54, 1.807) is 37.4 Å². The molecule has 0 aliphatic rings. The van der Waals surface area contributed by atoms with Crippen LogP contribution in [0.2, 0.25) is 5.02 Å². The third-order valence-corrected chi connectivity index (χ3v) is 4.29. The number of aromatic nitrogens is 4. The fourth-order valence-corrected chi connectivity index (χ4v) is 2.72. The highest BCUT2D eigenvalue weighted by Crippen LogP contribution is 2.27. The van der Waals surface area contributed by atoms with E-state index in [0.29, 0.717) is 40.6 Å². The number of halogens is 1. The number of nitrogens with zero attached hydrogens (tertiary/aromatic N) is 3. The number of carbonyl (C=O) groups is 2. The van der Waals surface area contributed by atoms with E-state index >= 15 is 0 Å². The van der Waals surface area contributed by atoms with Gasteiger partial charge in [0.15, 0.2) is 0 Å². The predicted octanol–water partition coefficient (Wildman–Crippen LogP) is 2.84. The average Bonchev–Trinajstić information content (AvgIpc) is 3.23. The number of anilines is 2. The van der Waals surface area contributed by atoms with Gasteiger partial charge in [0.05, 0.1) is 16.4 Å². The number of carbonyl (C=O) groups excluding carboxylic acids is 2. The second kappa shape index (κ2) is 8.96. The first-order chi connectivity index (χ1) is 13.6. The van der Waals surface area contributed by atoms with E-state index in [-0.39, 0.29) is 5.91 Å². The number of aryl methyl sites for hydroxylation is 1. The number of benzene rings is 2. The average molecular weight is 400 g/mol. The van der Waals surface area contributed by atoms with E-state index < -0.39 is 6.03 Å². The maximum absolute atomic E-state index is 12.4. The van der Waals surface area contributed by atoms with E-state index in [4.69, 9.17) is 11.6 Å². The standard InChI is InChI=1S/C18H18ClN7O2/c1-20-16(27)9-7-11-6-8-14(12(10-11)17-23-25-26-24-17)21-18(28)22-15-5-3-2-4-13(15)19/h2-6,8,10H,7,9H2,1H3,(H,20,27)(H2,21,22,28)(H,23,24,25,26). The quantitative estimate of drug-likeness (QED) is 0.507. The van der Waals surface area contributed by atoms with Crippen molar-refractivity contribution in [1.29, 1.82) is 0 Å². The summed E-state index contributed by atoms with van der Waals surface area (Å²) >= 11 is 6.07. The lowest BCUT2D eigenvalue weighted by atomic mass is 10.0. The van der Waals surface area contributed by atoms with Crippen LogP contribution < -0.4 is 16.0 Å². The predicted molar refractivity (Wildman–Crippen MR) is 106 cm³/mol. The van der Waals surface area contributed by atoms with Gasteiger partial charge in [0.1, 0.15) is 0 Å². The van der Waals surface area contributed by atoms with Crippen LogP contribution in [0.5, 0.6) is 0 Å². The molecule has 0 unspecified atom stereocenters. The number of H-pyrrole nitrogens is 1. The van der Waals surface area contributed by atoms with Crippen LogP contribution in [0.4, 0.5) is 16.2 Å². The topological polar surface area (TPSA) is 125 Å². The molecule has 3 amide bonds. The van der Waals surface area contributed by atoms with Gasteiger partial charge in [0.25, 0.3) is 0 Å². The summed E-state index contributed by atoms with van der Waals surface area (Å²) in [6.07, 6.45) is 0.887. The molecule has 10 heteroatoms. The first kappa shape index (κ1) is 19.3. The molecule has 144 valence electrons. The molecule has 9 nitrogen and oxygen atoms in total. The molecule has 0 aliphatic carbocycles. The summed E-state index contributed by atoms with van der Waals surface area (Å²) < 4.78 is 0. The lowest BCUT2D eigenvalue weighted by Crippen LogP contribution is -2.20. The van der Waals surface area contributed by atoms with Crippen molar-refractivity contribution < 1.29 is 9.59 Å². The highest BCUT2D eigenvalue weighted by molar-refractivity contribution is 6.33. The molecule has 0 fully saturated rings. The summed E-state index contributed by atoms with van der Waals surface area (Å²) in [6, 6.07) is 11.8. The molecule has 0 saturated heterocycles. The summed E-state index contributed by atoms with van der Waals surface area (Å²) in [5.74, 6) is 0.275. The van der Waals surface area contributed by atoms with Gasteiger partial charge < -0.3 is 16.0 Å². The van der Waals surface area contributed by atoms with Crippen molar-refractivity contribution in [2.75, 3.05) is 17.7 Å². The second-order valence-electron chi connectivity index (χ2n) is 5.85. The molecule has 0 spiro atoms. The highest BCUT2D eigenvalue weighted by Gasteiger charge is 2.14. The van der Waals surface area contributed by atoms with Crippen LogP contribution in [-0.4, -0.2) is 39.6 Å². The van der Waals surface area contributed by atoms with Crippen molar-refractivity contribution in [3.63, 3.8) is 0 Å². The van der Waals surface area contributed by atoms with E-state index in [0.717, 1.165) is 5.56 Å². The minimum Gasteiger partial charge on any atom is -0.359 e. The zero-order valence-electron chi connectivity index (χ0n) is 15.0. The Balaban J connectivity index is 1.80. The maximum atomic E-state index is 12.4. The lowest BCUT2D eigenvalue weighted by molar-refractivity contribution is -0.120. The molecule has 4 N–H and O–H groups in total. The second-order valence-corrected chi connectivity index (χ2v) is 6.25. The third-order valence-electron chi connectivity index (χ3n) is 3.96. The molecule has 28 heavy (non-hydrogen) atoms. The minimum absolute atomic E-state index is 0.0533. The first-order valence-electron chi connectivity index (χ1n) is 8.46. The van der Waals surface area contributed by atoms with Gasteiger partial charge in [0.2, 0.25) is 11.7 Å². The van der Waals surface area contributed by atoms with Crippen LogP contribution in [-0.2, 0) is 11.2 Å². The number of aromatic amines is 1. The van der Waals surface area contributed by atoms with Gasteiger partial charge in [-0.2, -0.15) is 5.21 Å². The Morgan fingerprint density at radius 3 is 2.61 bits per heavy atom. The van der Waals surface area contributed by atoms with Gasteiger partial charge in [0, 0.05) is 19.0 Å². The SMILES string of the molecule is CNC(=O)CCc1ccc(NC(=O)Nc2ccccc2Cl)c(-c2nn[nH]n2)c1. The van der Waals surface area contributed by atoms with Crippen molar-refractivity contribution in [1.82, 2.24) is 25.9 Å². The fraction of sp³-hybridized carbons (Fsp3) is 0.167. The molecule has 3 rings (SSSR count). The Hall–Kier alpha value is -3.46. The Morgan fingerprint density at radius 2 is 1.89 bits per heavy atom. The number of nitrogens with one attached hydrogen (secondary N) is 4. The maximum Gasteiger partial charge on any atom is 0.323 e. The van der Waals surface area contributed by atoms with Crippen molar-refractivity contribution in [3.8, 4) is 11.4 Å². The number of hydrogen-bond donors (Lipinski definition) is 4. The molecule has 0 atom stereocenters. The zero-order chi connectivity index (χ0) is 19.9. The Bertz CT molecular complexity index is 976. The van der Waals surface area contributed by atoms with Gasteiger partial charge in [-0.3, -0.25) is 4.79 Å². The van der Waals surface area contributed by atoms with Gasteiger partial charge in [-0.25, -0.2) is 4.79 Å². The third kappa shape index (κ3) is 4.83. The van der Waals surface area contributed by atoms with E-state index in [9.17, 15) is 9.59 Å². The number of hydrogen-bond acceptors (Lipinski definition) is 5. The molecule has 1 heterocycles. The molecular weight excluding hydrogens is 382 g/mol. The Labute approximate surface area is 165 Å². The van der Waals surface area contributed by atoms with Crippen LogP contribution in [0.1, 0.15) is 12.0 Å². The molecular formula is C18H18ClN7O2. The number of rotatable bonds is 6. The monoisotopic (exact) mass is 399 g/mol. The van der Waals surface area contributed by atoms with E-state index in [1.165, 1.54) is 0 Å². The largest absolute Gasteiger partial charge is 0.359 e. The van der Waals surface area contributed by atoms with Crippen LogP contribution in [0.15, 0.2) is 42.5 Å². The van der Waals surface area contributed by atoms with Crippen LogP contribution in [0.3, 0.4) is 0 Å². The molecule has 0 bridgehead atoms. The van der Waals surface area contributed by atoms with Crippen molar-refractivity contribution >= 4 is 34.9 Å². The van der Waals surface area contributed by atoms with Gasteiger partial charge in [-0.05, 0) is 41.5 Å². The normalized spacial score (nSPS) is 10.4. The fourth-order valence-electron chi connectivity index (χ4n) is 2.54.